The summed E-state index contributed by atoms with van der Waals surface area (Å²) in [4.78, 5) is 17.2. The van der Waals surface area contributed by atoms with E-state index in [2.05, 4.69) is 4.98 Å². The molecule has 0 bridgehead atoms. The summed E-state index contributed by atoms with van der Waals surface area (Å²) in [5.41, 5.74) is 0. The lowest BCUT2D eigenvalue weighted by molar-refractivity contribution is 0.112. The number of hydrogen-bond acceptors (Lipinski definition) is 5. The summed E-state index contributed by atoms with van der Waals surface area (Å²) in [5, 5.41) is 9.16. The third kappa shape index (κ3) is 3.22. The number of nitrogens with zero attached hydrogens (tertiary/aromatic N) is 2. The van der Waals surface area contributed by atoms with Gasteiger partial charge in [0.05, 0.1) is 6.61 Å². The third-order valence-corrected chi connectivity index (χ3v) is 2.49. The number of carbonyl (C=O) groups excluding carboxylic acids is 1. The van der Waals surface area contributed by atoms with Crippen LogP contribution in [0.1, 0.15) is 14.7 Å². The van der Waals surface area contributed by atoms with E-state index in [4.69, 9.17) is 5.11 Å². The van der Waals surface area contributed by atoms with Gasteiger partial charge in [0.2, 0.25) is 0 Å². The van der Waals surface area contributed by atoms with Gasteiger partial charge < -0.3 is 5.11 Å². The molecule has 1 heterocycles. The number of aldehydes is 1. The van der Waals surface area contributed by atoms with E-state index in [0.29, 0.717) is 11.6 Å². The van der Waals surface area contributed by atoms with E-state index in [-0.39, 0.29) is 6.61 Å². The van der Waals surface area contributed by atoms with Crippen molar-refractivity contribution in [2.24, 2.45) is 0 Å². The summed E-state index contributed by atoms with van der Waals surface area (Å²) in [5.74, 6) is 0. The van der Waals surface area contributed by atoms with Crippen molar-refractivity contribution >= 4 is 17.6 Å². The van der Waals surface area contributed by atoms with E-state index in [0.717, 1.165) is 17.7 Å². The maximum Gasteiger partial charge on any atom is 0.178 e. The van der Waals surface area contributed by atoms with Crippen molar-refractivity contribution in [1.29, 1.82) is 0 Å². The van der Waals surface area contributed by atoms with E-state index < -0.39 is 0 Å². The molecular weight excluding hydrogens is 188 g/mol. The van der Waals surface area contributed by atoms with Crippen LogP contribution in [0.2, 0.25) is 0 Å². The van der Waals surface area contributed by atoms with Gasteiger partial charge >= 0.3 is 0 Å². The first-order valence-electron chi connectivity index (χ1n) is 3.95. The van der Waals surface area contributed by atoms with Crippen molar-refractivity contribution in [3.05, 3.63) is 16.1 Å². The zero-order valence-electron chi connectivity index (χ0n) is 7.43. The van der Waals surface area contributed by atoms with Crippen molar-refractivity contribution < 1.29 is 9.90 Å². The van der Waals surface area contributed by atoms with E-state index in [1.165, 1.54) is 11.3 Å². The number of aliphatic hydroxyl groups is 1. The molecule has 0 radical (unpaired) electrons. The van der Waals surface area contributed by atoms with Crippen LogP contribution in [0, 0.1) is 0 Å². The molecule has 0 unspecified atom stereocenters. The Hall–Kier alpha value is -0.780. The Balaban J connectivity index is 2.48. The molecule has 0 saturated heterocycles. The van der Waals surface area contributed by atoms with Gasteiger partial charge in [-0.1, -0.05) is 0 Å². The monoisotopic (exact) mass is 200 g/mol. The lowest BCUT2D eigenvalue weighted by Gasteiger charge is -2.12. The van der Waals surface area contributed by atoms with Gasteiger partial charge in [0, 0.05) is 24.2 Å². The molecule has 0 atom stereocenters. The van der Waals surface area contributed by atoms with Crippen molar-refractivity contribution in [1.82, 2.24) is 9.88 Å². The first-order valence-corrected chi connectivity index (χ1v) is 4.77. The predicted molar refractivity (Wildman–Crippen MR) is 50.9 cm³/mol. The molecular formula is C8H12N2O2S. The van der Waals surface area contributed by atoms with Gasteiger partial charge in [0.15, 0.2) is 11.3 Å². The summed E-state index contributed by atoms with van der Waals surface area (Å²) >= 11 is 1.38. The second kappa shape index (κ2) is 5.06. The smallest absolute Gasteiger partial charge is 0.178 e. The van der Waals surface area contributed by atoms with Gasteiger partial charge in [0.1, 0.15) is 0 Å². The highest BCUT2D eigenvalue weighted by molar-refractivity contribution is 7.13. The Morgan fingerprint density at radius 3 is 3.08 bits per heavy atom. The molecule has 1 rings (SSSR count). The number of hydrogen-bond donors (Lipinski definition) is 1. The van der Waals surface area contributed by atoms with Gasteiger partial charge in [-0.2, -0.15) is 0 Å². The maximum absolute atomic E-state index is 10.3. The second-order valence-electron chi connectivity index (χ2n) is 2.74. The Morgan fingerprint density at radius 1 is 1.77 bits per heavy atom. The highest BCUT2D eigenvalue weighted by Crippen LogP contribution is 2.12. The first kappa shape index (κ1) is 10.3. The molecule has 0 aromatic carbocycles. The largest absolute Gasteiger partial charge is 0.395 e. The van der Waals surface area contributed by atoms with Gasteiger partial charge in [-0.15, -0.1) is 11.3 Å². The lowest BCUT2D eigenvalue weighted by atomic mass is 10.5. The SMILES string of the molecule is CN(CCO)Cc1cnc(C=O)s1. The molecule has 0 fully saturated rings. The van der Waals surface area contributed by atoms with E-state index >= 15 is 0 Å². The van der Waals surface area contributed by atoms with E-state index in [1.807, 2.05) is 11.9 Å². The number of carbonyl (C=O) groups is 1. The second-order valence-corrected chi connectivity index (χ2v) is 3.89. The predicted octanol–water partition coefficient (Wildman–Crippen LogP) is 0.380. The minimum Gasteiger partial charge on any atom is -0.395 e. The molecule has 1 aromatic rings. The van der Waals surface area contributed by atoms with Crippen molar-refractivity contribution in [3.63, 3.8) is 0 Å². The van der Waals surface area contributed by atoms with Crippen molar-refractivity contribution in [2.75, 3.05) is 20.2 Å². The van der Waals surface area contributed by atoms with E-state index in [1.54, 1.807) is 6.20 Å². The van der Waals surface area contributed by atoms with Crippen LogP contribution in [0.25, 0.3) is 0 Å². The fourth-order valence-electron chi connectivity index (χ4n) is 0.966. The molecule has 0 spiro atoms. The van der Waals surface area contributed by atoms with Crippen LogP contribution >= 0.6 is 11.3 Å². The standard InChI is InChI=1S/C8H12N2O2S/c1-10(2-3-11)5-7-4-9-8(6-12)13-7/h4,6,11H,2-3,5H2,1H3. The van der Waals surface area contributed by atoms with Gasteiger partial charge in [-0.05, 0) is 7.05 Å². The van der Waals surface area contributed by atoms with Crippen LogP contribution in [0.4, 0.5) is 0 Å². The molecule has 72 valence electrons. The minimum atomic E-state index is 0.149. The van der Waals surface area contributed by atoms with Crippen LogP contribution in [0.5, 0.6) is 0 Å². The molecule has 0 aliphatic carbocycles. The van der Waals surface area contributed by atoms with Gasteiger partial charge in [-0.25, -0.2) is 4.98 Å². The third-order valence-electron chi connectivity index (χ3n) is 1.58. The lowest BCUT2D eigenvalue weighted by Crippen LogP contribution is -2.20. The number of thiazole rings is 1. The molecule has 5 heteroatoms. The van der Waals surface area contributed by atoms with Crippen LogP contribution in [-0.4, -0.2) is 41.5 Å². The topological polar surface area (TPSA) is 53.4 Å². The first-order chi connectivity index (χ1) is 6.26. The Kier molecular flexibility index (Phi) is 4.01. The van der Waals surface area contributed by atoms with Gasteiger partial charge in [-0.3, -0.25) is 9.69 Å². The zero-order valence-corrected chi connectivity index (χ0v) is 8.25. The highest BCUT2D eigenvalue weighted by Gasteiger charge is 2.03. The molecule has 13 heavy (non-hydrogen) atoms. The van der Waals surface area contributed by atoms with Crippen molar-refractivity contribution in [3.8, 4) is 0 Å². The molecule has 4 nitrogen and oxygen atoms in total. The summed E-state index contributed by atoms with van der Waals surface area (Å²) in [6, 6.07) is 0. The normalized spacial score (nSPS) is 10.7. The molecule has 1 N–H and O–H groups in total. The summed E-state index contributed by atoms with van der Waals surface area (Å²) in [7, 11) is 1.91. The van der Waals surface area contributed by atoms with Crippen LogP contribution in [0.15, 0.2) is 6.20 Å². The summed E-state index contributed by atoms with van der Waals surface area (Å²) in [6.07, 6.45) is 2.45. The molecule has 0 amide bonds. The zero-order chi connectivity index (χ0) is 9.68. The molecule has 0 aliphatic rings. The summed E-state index contributed by atoms with van der Waals surface area (Å²) in [6.45, 7) is 1.51. The average Bonchev–Trinajstić information content (AvgIpc) is 2.52. The van der Waals surface area contributed by atoms with Crippen LogP contribution < -0.4 is 0 Å². The Labute approximate surface area is 80.8 Å². The van der Waals surface area contributed by atoms with Crippen LogP contribution in [-0.2, 0) is 6.54 Å². The number of likely N-dealkylation sites (N-methyl/N-ethyl adjacent to an activating group) is 1. The number of aliphatic hydroxyl groups excluding tert-OH is 1. The van der Waals surface area contributed by atoms with Crippen LogP contribution in [0.3, 0.4) is 0 Å². The number of rotatable bonds is 5. The van der Waals surface area contributed by atoms with Crippen molar-refractivity contribution in [2.45, 2.75) is 6.54 Å². The Morgan fingerprint density at radius 2 is 2.54 bits per heavy atom. The number of aromatic nitrogens is 1. The maximum atomic E-state index is 10.3. The van der Waals surface area contributed by atoms with E-state index in [9.17, 15) is 4.79 Å². The molecule has 0 aliphatic heterocycles. The Bertz CT molecular complexity index is 275. The fraction of sp³-hybridized carbons (Fsp3) is 0.500. The quantitative estimate of drug-likeness (QED) is 0.698. The average molecular weight is 200 g/mol. The highest BCUT2D eigenvalue weighted by atomic mass is 32.1. The molecule has 0 saturated carbocycles. The fourth-order valence-corrected chi connectivity index (χ4v) is 1.78. The van der Waals surface area contributed by atoms with Gasteiger partial charge in [0.25, 0.3) is 0 Å². The summed E-state index contributed by atoms with van der Waals surface area (Å²) < 4.78 is 0. The molecule has 1 aromatic heterocycles. The minimum absolute atomic E-state index is 0.149.